The molecular weight excluding hydrogens is 236 g/mol. The molecule has 0 spiro atoms. The van der Waals surface area contributed by atoms with Crippen LogP contribution in [0, 0.1) is 0 Å². The van der Waals surface area contributed by atoms with Crippen molar-refractivity contribution in [3.63, 3.8) is 0 Å². The molecule has 0 atom stereocenters. The monoisotopic (exact) mass is 252 g/mol. The predicted molar refractivity (Wildman–Crippen MR) is 78.0 cm³/mol. The van der Waals surface area contributed by atoms with Gasteiger partial charge in [-0.15, -0.1) is 5.73 Å². The van der Waals surface area contributed by atoms with Gasteiger partial charge in [-0.2, -0.15) is 0 Å². The lowest BCUT2D eigenvalue weighted by Crippen LogP contribution is -1.98. The first-order valence-electron chi connectivity index (χ1n) is 6.38. The van der Waals surface area contributed by atoms with Gasteiger partial charge < -0.3 is 5.11 Å². The molecule has 0 radical (unpaired) electrons. The Kier molecular flexibility index (Phi) is 4.17. The standard InChI is InChI=1S/C17H16O2/c1-2-5-15(17(18)19)11-9-13-8-10-14-6-3-4-7-16(14)12-13/h3-4,6-10,12H,2,5H2,1H3,(H,18,19). The number of rotatable bonds is 4. The van der Waals surface area contributed by atoms with Gasteiger partial charge in [0.2, 0.25) is 0 Å². The lowest BCUT2D eigenvalue weighted by atomic mass is 10.1. The van der Waals surface area contributed by atoms with Crippen molar-refractivity contribution in [2.24, 2.45) is 0 Å². The normalized spacial score (nSPS) is 9.95. The average Bonchev–Trinajstić information content (AvgIpc) is 2.43. The maximum absolute atomic E-state index is 11.0. The maximum Gasteiger partial charge on any atom is 0.339 e. The highest BCUT2D eigenvalue weighted by molar-refractivity contribution is 5.88. The minimum Gasteiger partial charge on any atom is -0.477 e. The molecule has 0 heterocycles. The molecule has 2 rings (SSSR count). The van der Waals surface area contributed by atoms with Crippen LogP contribution in [0.1, 0.15) is 25.3 Å². The van der Waals surface area contributed by atoms with E-state index >= 15 is 0 Å². The van der Waals surface area contributed by atoms with Crippen LogP contribution in [0.2, 0.25) is 0 Å². The van der Waals surface area contributed by atoms with Crippen LogP contribution in [0.4, 0.5) is 0 Å². The van der Waals surface area contributed by atoms with E-state index in [0.29, 0.717) is 12.0 Å². The molecule has 0 unspecified atom stereocenters. The second-order valence-corrected chi connectivity index (χ2v) is 4.43. The van der Waals surface area contributed by atoms with Crippen LogP contribution >= 0.6 is 0 Å². The van der Waals surface area contributed by atoms with Crippen molar-refractivity contribution in [2.75, 3.05) is 0 Å². The molecule has 2 heteroatoms. The first-order valence-corrected chi connectivity index (χ1v) is 6.38. The second kappa shape index (κ2) is 6.03. The first-order chi connectivity index (χ1) is 9.20. The molecule has 0 fully saturated rings. The molecule has 0 aromatic heterocycles. The number of carbonyl (C=O) groups is 1. The highest BCUT2D eigenvalue weighted by Gasteiger charge is 2.03. The average molecular weight is 252 g/mol. The third-order valence-corrected chi connectivity index (χ3v) is 2.94. The van der Waals surface area contributed by atoms with Crippen LogP contribution in [0.15, 0.2) is 53.8 Å². The zero-order chi connectivity index (χ0) is 13.7. The molecule has 19 heavy (non-hydrogen) atoms. The first kappa shape index (κ1) is 13.1. The minimum atomic E-state index is -0.890. The van der Waals surface area contributed by atoms with E-state index in [2.05, 4.69) is 11.8 Å². The summed E-state index contributed by atoms with van der Waals surface area (Å²) in [5.41, 5.74) is 4.19. The fraction of sp³-hybridized carbons (Fsp3) is 0.176. The molecule has 0 aliphatic rings. The summed E-state index contributed by atoms with van der Waals surface area (Å²) in [4.78, 5) is 11.0. The van der Waals surface area contributed by atoms with Gasteiger partial charge in [-0.1, -0.05) is 49.7 Å². The fourth-order valence-electron chi connectivity index (χ4n) is 1.96. The van der Waals surface area contributed by atoms with Crippen molar-refractivity contribution in [1.82, 2.24) is 0 Å². The van der Waals surface area contributed by atoms with E-state index in [1.165, 1.54) is 5.39 Å². The van der Waals surface area contributed by atoms with Crippen LogP contribution < -0.4 is 0 Å². The van der Waals surface area contributed by atoms with E-state index in [1.807, 2.05) is 43.3 Å². The van der Waals surface area contributed by atoms with Crippen LogP contribution in [-0.2, 0) is 4.79 Å². The van der Waals surface area contributed by atoms with Crippen molar-refractivity contribution < 1.29 is 9.90 Å². The summed E-state index contributed by atoms with van der Waals surface area (Å²) in [5.74, 6) is -0.890. The Hall–Kier alpha value is -2.31. The van der Waals surface area contributed by atoms with E-state index < -0.39 is 5.97 Å². The zero-order valence-corrected chi connectivity index (χ0v) is 10.9. The van der Waals surface area contributed by atoms with E-state index in [4.69, 9.17) is 5.11 Å². The van der Waals surface area contributed by atoms with Gasteiger partial charge in [0.1, 0.15) is 0 Å². The Balaban J connectivity index is 2.39. The quantitative estimate of drug-likeness (QED) is 0.652. The molecular formula is C17H16O2. The van der Waals surface area contributed by atoms with Crippen LogP contribution in [-0.4, -0.2) is 11.1 Å². The number of fused-ring (bicyclic) bond motifs is 1. The Morgan fingerprint density at radius 3 is 2.63 bits per heavy atom. The van der Waals surface area contributed by atoms with Gasteiger partial charge in [0.25, 0.3) is 0 Å². The maximum atomic E-state index is 11.0. The molecule has 0 aliphatic heterocycles. The molecule has 96 valence electrons. The van der Waals surface area contributed by atoms with Gasteiger partial charge in [-0.25, -0.2) is 4.79 Å². The van der Waals surface area contributed by atoms with Gasteiger partial charge >= 0.3 is 5.97 Å². The largest absolute Gasteiger partial charge is 0.477 e. The number of benzene rings is 2. The topological polar surface area (TPSA) is 37.3 Å². The van der Waals surface area contributed by atoms with Gasteiger partial charge in [-0.05, 0) is 34.9 Å². The lowest BCUT2D eigenvalue weighted by Gasteiger charge is -1.98. The summed E-state index contributed by atoms with van der Waals surface area (Å²) in [5, 5.41) is 11.4. The minimum absolute atomic E-state index is 0.329. The summed E-state index contributed by atoms with van der Waals surface area (Å²) in [6.45, 7) is 1.96. The highest BCUT2D eigenvalue weighted by atomic mass is 16.4. The highest BCUT2D eigenvalue weighted by Crippen LogP contribution is 2.16. The number of carboxylic acids is 1. The van der Waals surface area contributed by atoms with E-state index in [0.717, 1.165) is 17.4 Å². The van der Waals surface area contributed by atoms with Gasteiger partial charge in [0.15, 0.2) is 0 Å². The molecule has 1 N–H and O–H groups in total. The summed E-state index contributed by atoms with van der Waals surface area (Å²) in [6.07, 6.45) is 3.09. The number of aliphatic carboxylic acids is 1. The summed E-state index contributed by atoms with van der Waals surface area (Å²) < 4.78 is 0. The van der Waals surface area contributed by atoms with Crippen molar-refractivity contribution in [2.45, 2.75) is 19.8 Å². The number of hydrogen-bond donors (Lipinski definition) is 1. The zero-order valence-electron chi connectivity index (χ0n) is 10.9. The van der Waals surface area contributed by atoms with Gasteiger partial charge in [0, 0.05) is 0 Å². The van der Waals surface area contributed by atoms with E-state index in [-0.39, 0.29) is 0 Å². The molecule has 0 saturated carbocycles. The molecule has 0 amide bonds. The molecule has 0 aliphatic carbocycles. The number of hydrogen-bond acceptors (Lipinski definition) is 1. The smallest absolute Gasteiger partial charge is 0.339 e. The summed E-state index contributed by atoms with van der Waals surface area (Å²) in [6, 6.07) is 14.1. The van der Waals surface area contributed by atoms with E-state index in [1.54, 1.807) is 6.08 Å². The summed E-state index contributed by atoms with van der Waals surface area (Å²) >= 11 is 0. The second-order valence-electron chi connectivity index (χ2n) is 4.43. The third kappa shape index (κ3) is 3.34. The molecule has 2 aromatic carbocycles. The molecule has 2 nitrogen and oxygen atoms in total. The van der Waals surface area contributed by atoms with Crippen molar-refractivity contribution in [3.8, 4) is 0 Å². The van der Waals surface area contributed by atoms with Crippen molar-refractivity contribution in [3.05, 3.63) is 59.3 Å². The molecule has 2 aromatic rings. The Labute approximate surface area is 112 Å². The van der Waals surface area contributed by atoms with Gasteiger partial charge in [-0.3, -0.25) is 0 Å². The van der Waals surface area contributed by atoms with Crippen molar-refractivity contribution >= 4 is 22.8 Å². The van der Waals surface area contributed by atoms with Gasteiger partial charge in [0.05, 0.1) is 5.57 Å². The molecule has 0 saturated heterocycles. The Morgan fingerprint density at radius 2 is 1.95 bits per heavy atom. The number of carboxylic acid groups (broad SMARTS) is 1. The third-order valence-electron chi connectivity index (χ3n) is 2.94. The Bertz CT molecular complexity index is 662. The predicted octanol–water partition coefficient (Wildman–Crippen LogP) is 4.26. The van der Waals surface area contributed by atoms with Crippen molar-refractivity contribution in [1.29, 1.82) is 0 Å². The van der Waals surface area contributed by atoms with Crippen LogP contribution in [0.5, 0.6) is 0 Å². The van der Waals surface area contributed by atoms with E-state index in [9.17, 15) is 4.79 Å². The van der Waals surface area contributed by atoms with Crippen LogP contribution in [0.25, 0.3) is 16.8 Å². The Morgan fingerprint density at radius 1 is 1.21 bits per heavy atom. The molecule has 0 bridgehead atoms. The lowest BCUT2D eigenvalue weighted by molar-refractivity contribution is -0.132. The van der Waals surface area contributed by atoms with Crippen LogP contribution in [0.3, 0.4) is 0 Å². The summed E-state index contributed by atoms with van der Waals surface area (Å²) in [7, 11) is 0. The fourth-order valence-corrected chi connectivity index (χ4v) is 1.96. The SMILES string of the molecule is CCCC(=C=Cc1ccc2ccccc2c1)C(=O)O.